The minimum absolute atomic E-state index is 0. The fourth-order valence-electron chi connectivity index (χ4n) is 7.80. The molecule has 1 unspecified atom stereocenters. The lowest BCUT2D eigenvalue weighted by atomic mass is 10.1. The standard InChI is InChI=1S/C44H48Cl2N8O5.BrH/c1-5-32(4)54-43(56)53(28-48-54)37-9-7-35(8-10-37)50-16-18-51(19-17-50)36-11-13-38(14-12-36)57-24-39-25-58-44(59-39,40-15-6-34(45)22-41(40)46)26-52-29-49(27-47-52)23-33-20-30(2)42(55)31(3)21-33;/h6-15,20-22,27-29,32,39H,5,16-19,23-26H2,1-4H3;1H/t32?,39-,44-;/m0./s1. The molecule has 0 aliphatic carbocycles. The molecule has 2 saturated heterocycles. The number of phenols is 1. The lowest BCUT2D eigenvalue weighted by Crippen LogP contribution is -3.00. The highest BCUT2D eigenvalue weighted by molar-refractivity contribution is 6.35. The Kier molecular flexibility index (Phi) is 13.3. The monoisotopic (exact) mass is 918 g/mol. The third-order valence-electron chi connectivity index (χ3n) is 11.2. The van der Waals surface area contributed by atoms with Gasteiger partial charge in [-0.25, -0.2) is 18.6 Å². The number of aromatic nitrogens is 6. The van der Waals surface area contributed by atoms with Crippen molar-refractivity contribution in [3.05, 3.63) is 141 Å². The summed E-state index contributed by atoms with van der Waals surface area (Å²) in [7, 11) is 0. The highest BCUT2D eigenvalue weighted by Gasteiger charge is 2.47. The summed E-state index contributed by atoms with van der Waals surface area (Å²) in [4.78, 5) is 17.6. The average Bonchev–Trinajstić information content (AvgIpc) is 3.98. The largest absolute Gasteiger partial charge is 1.00 e. The Labute approximate surface area is 370 Å². The van der Waals surface area contributed by atoms with E-state index < -0.39 is 5.79 Å². The molecule has 16 heteroatoms. The van der Waals surface area contributed by atoms with Crippen LogP contribution in [0.5, 0.6) is 11.5 Å². The van der Waals surface area contributed by atoms with E-state index in [1.807, 2.05) is 81.1 Å². The van der Waals surface area contributed by atoms with Crippen LogP contribution in [0.25, 0.3) is 5.69 Å². The molecule has 2 fully saturated rings. The summed E-state index contributed by atoms with van der Waals surface area (Å²) in [5.41, 5.74) is 6.32. The number of anilines is 2. The molecule has 0 radical (unpaired) electrons. The van der Waals surface area contributed by atoms with Gasteiger partial charge in [-0.15, -0.1) is 4.68 Å². The van der Waals surface area contributed by atoms with Crippen LogP contribution in [0.15, 0.2) is 103 Å². The van der Waals surface area contributed by atoms with Crippen molar-refractivity contribution in [3.63, 3.8) is 0 Å². The fraction of sp³-hybridized carbons (Fsp3) is 0.364. The predicted molar refractivity (Wildman–Crippen MR) is 227 cm³/mol. The van der Waals surface area contributed by atoms with Crippen LogP contribution in [0.3, 0.4) is 0 Å². The highest BCUT2D eigenvalue weighted by atomic mass is 79.9. The average molecular weight is 921 g/mol. The van der Waals surface area contributed by atoms with Crippen molar-refractivity contribution in [2.45, 2.75) is 65.1 Å². The van der Waals surface area contributed by atoms with Gasteiger partial charge in [-0.3, -0.25) is 0 Å². The summed E-state index contributed by atoms with van der Waals surface area (Å²) in [5.74, 6) is -0.174. The van der Waals surface area contributed by atoms with E-state index in [4.69, 9.17) is 37.4 Å². The minimum atomic E-state index is -1.23. The number of hydrogen-bond donors (Lipinski definition) is 1. The molecule has 316 valence electrons. The van der Waals surface area contributed by atoms with E-state index in [-0.39, 0.29) is 48.0 Å². The molecule has 0 spiro atoms. The molecule has 0 bridgehead atoms. The number of piperazine rings is 1. The van der Waals surface area contributed by atoms with Gasteiger partial charge in [0.25, 0.3) is 6.33 Å². The topological polar surface area (TPSA) is 116 Å². The van der Waals surface area contributed by atoms with E-state index in [0.717, 1.165) is 72.1 Å². The molecule has 0 amide bonds. The van der Waals surface area contributed by atoms with Crippen LogP contribution in [0, 0.1) is 13.8 Å². The summed E-state index contributed by atoms with van der Waals surface area (Å²) in [6, 6.07) is 25.6. The molecule has 60 heavy (non-hydrogen) atoms. The van der Waals surface area contributed by atoms with Crippen molar-refractivity contribution in [2.75, 3.05) is 49.2 Å². The predicted octanol–water partition coefficient (Wildman–Crippen LogP) is 3.84. The van der Waals surface area contributed by atoms with Crippen molar-refractivity contribution in [1.82, 2.24) is 24.1 Å². The Morgan fingerprint density at radius 2 is 1.55 bits per heavy atom. The third-order valence-corrected chi connectivity index (χ3v) is 11.8. The molecule has 4 heterocycles. The molecular formula is C44H49BrCl2N8O5. The lowest BCUT2D eigenvalue weighted by molar-refractivity contribution is -0.689. The maximum Gasteiger partial charge on any atom is 0.350 e. The first-order chi connectivity index (χ1) is 28.5. The molecule has 2 aliphatic heterocycles. The first-order valence-electron chi connectivity index (χ1n) is 20.0. The summed E-state index contributed by atoms with van der Waals surface area (Å²) in [5, 5.41) is 20.1. The van der Waals surface area contributed by atoms with E-state index in [1.54, 1.807) is 34.0 Å². The number of aryl methyl sites for hydroxylation is 2. The Morgan fingerprint density at radius 1 is 0.917 bits per heavy atom. The fourth-order valence-corrected chi connectivity index (χ4v) is 8.35. The first-order valence-corrected chi connectivity index (χ1v) is 20.7. The van der Waals surface area contributed by atoms with E-state index in [9.17, 15) is 9.90 Å². The molecule has 13 nitrogen and oxygen atoms in total. The van der Waals surface area contributed by atoms with Gasteiger partial charge in [-0.1, -0.05) is 36.2 Å². The van der Waals surface area contributed by atoms with Gasteiger partial charge in [0.15, 0.2) is 6.54 Å². The van der Waals surface area contributed by atoms with Crippen LogP contribution in [0.2, 0.25) is 10.0 Å². The van der Waals surface area contributed by atoms with Crippen LogP contribution < -0.4 is 41.8 Å². The van der Waals surface area contributed by atoms with Crippen LogP contribution in [-0.2, 0) is 28.4 Å². The van der Waals surface area contributed by atoms with E-state index in [2.05, 4.69) is 44.3 Å². The molecule has 2 aromatic heterocycles. The van der Waals surface area contributed by atoms with Crippen LogP contribution in [0.1, 0.15) is 48.6 Å². The molecule has 3 atom stereocenters. The Bertz CT molecular complexity index is 2440. The smallest absolute Gasteiger partial charge is 0.350 e. The van der Waals surface area contributed by atoms with Crippen molar-refractivity contribution in [3.8, 4) is 17.2 Å². The van der Waals surface area contributed by atoms with E-state index >= 15 is 0 Å². The molecule has 2 aliphatic rings. The SMILES string of the molecule is CCC(C)n1ncn(-c2ccc(N3CCN(c4ccc(OC[C@H]5CO[C@](Cn6c[n+](Cc7cc(C)c(O)c(C)c7)cn6)(c6ccc(Cl)cc6Cl)O5)cc4)CC3)cc2)c1=O.[Br-]. The van der Waals surface area contributed by atoms with Crippen molar-refractivity contribution in [1.29, 1.82) is 0 Å². The number of nitrogens with zero attached hydrogens (tertiary/aromatic N) is 8. The summed E-state index contributed by atoms with van der Waals surface area (Å²) in [6.45, 7) is 12.7. The van der Waals surface area contributed by atoms with Crippen molar-refractivity contribution < 1.29 is 40.9 Å². The van der Waals surface area contributed by atoms with Crippen LogP contribution in [0.4, 0.5) is 11.4 Å². The second kappa shape index (κ2) is 18.4. The van der Waals surface area contributed by atoms with Gasteiger partial charge in [0.05, 0.1) is 29.9 Å². The zero-order valence-corrected chi connectivity index (χ0v) is 37.1. The van der Waals surface area contributed by atoms with Gasteiger partial charge >= 0.3 is 5.69 Å². The van der Waals surface area contributed by atoms with Crippen LogP contribution in [-0.4, -0.2) is 74.7 Å². The molecule has 4 aromatic carbocycles. The van der Waals surface area contributed by atoms with Crippen LogP contribution >= 0.6 is 23.2 Å². The van der Waals surface area contributed by atoms with Gasteiger partial charge in [0, 0.05) is 53.2 Å². The summed E-state index contributed by atoms with van der Waals surface area (Å²) < 4.78 is 26.2. The molecule has 1 N–H and O–H groups in total. The van der Waals surface area contributed by atoms with Crippen molar-refractivity contribution >= 4 is 34.6 Å². The molecule has 8 rings (SSSR count). The maximum absolute atomic E-state index is 12.9. The van der Waals surface area contributed by atoms with Gasteiger partial charge in [-0.2, -0.15) is 5.10 Å². The molecule has 6 aromatic rings. The number of rotatable bonds is 13. The quantitative estimate of drug-likeness (QED) is 0.173. The minimum Gasteiger partial charge on any atom is -1.00 e. The Hall–Kier alpha value is -4.86. The number of aromatic hydroxyl groups is 1. The lowest BCUT2D eigenvalue weighted by Gasteiger charge is -2.37. The van der Waals surface area contributed by atoms with Gasteiger partial charge in [0.1, 0.15) is 30.5 Å². The second-order valence-corrected chi connectivity index (χ2v) is 16.2. The summed E-state index contributed by atoms with van der Waals surface area (Å²) >= 11 is 13.0. The zero-order valence-electron chi connectivity index (χ0n) is 34.0. The Balaban J connectivity index is 0.00000544. The number of benzene rings is 4. The van der Waals surface area contributed by atoms with Gasteiger partial charge in [-0.05, 0) is 117 Å². The molecule has 0 saturated carbocycles. The second-order valence-electron chi connectivity index (χ2n) is 15.4. The van der Waals surface area contributed by atoms with E-state index in [1.165, 1.54) is 4.68 Å². The van der Waals surface area contributed by atoms with Gasteiger partial charge < -0.3 is 46.1 Å². The van der Waals surface area contributed by atoms with E-state index in [0.29, 0.717) is 34.5 Å². The van der Waals surface area contributed by atoms with Gasteiger partial charge in [0.2, 0.25) is 12.1 Å². The highest BCUT2D eigenvalue weighted by Crippen LogP contribution is 2.40. The maximum atomic E-state index is 12.9. The first kappa shape index (κ1) is 43.2. The summed E-state index contributed by atoms with van der Waals surface area (Å²) in [6.07, 6.45) is 5.72. The number of halogens is 3. The zero-order chi connectivity index (χ0) is 41.3. The van der Waals surface area contributed by atoms with Crippen molar-refractivity contribution in [2.24, 2.45) is 0 Å². The number of hydrogen-bond acceptors (Lipinski definition) is 9. The number of ether oxygens (including phenoxy) is 3. The molecular weight excluding hydrogens is 871 g/mol. The normalized spacial score (nSPS) is 18.4. The third kappa shape index (κ3) is 9.23. The number of phenolic OH excluding ortho intramolecular Hbond substituents is 1. The Morgan fingerprint density at radius 3 is 2.18 bits per heavy atom.